The molecule has 0 spiro atoms. The molecule has 0 radical (unpaired) electrons. The third-order valence-corrected chi connectivity index (χ3v) is 4.14. The van der Waals surface area contributed by atoms with Crippen molar-refractivity contribution in [2.24, 2.45) is 5.92 Å². The van der Waals surface area contributed by atoms with E-state index >= 15 is 0 Å². The van der Waals surface area contributed by atoms with Gasteiger partial charge in [-0.15, -0.1) is 0 Å². The summed E-state index contributed by atoms with van der Waals surface area (Å²) in [7, 11) is 0. The quantitative estimate of drug-likeness (QED) is 0.515. The van der Waals surface area contributed by atoms with Crippen molar-refractivity contribution in [2.45, 2.75) is 13.3 Å². The Morgan fingerprint density at radius 3 is 2.22 bits per heavy atom. The average molecular weight is 302 g/mol. The average Bonchev–Trinajstić information content (AvgIpc) is 2.59. The Kier molecular flexibility index (Phi) is 4.33. The second kappa shape index (κ2) is 6.57. The molecule has 0 saturated carbocycles. The second-order valence-corrected chi connectivity index (χ2v) is 5.74. The fourth-order valence-electron chi connectivity index (χ4n) is 2.90. The fraction of sp³-hybridized carbons (Fsp3) is 0.143. The van der Waals surface area contributed by atoms with Gasteiger partial charge in [-0.3, -0.25) is 9.59 Å². The van der Waals surface area contributed by atoms with Crippen molar-refractivity contribution in [3.63, 3.8) is 0 Å². The van der Waals surface area contributed by atoms with Crippen LogP contribution in [0.5, 0.6) is 0 Å². The molecular formula is C21H18O2. The molecule has 23 heavy (non-hydrogen) atoms. The molecule has 0 fully saturated rings. The smallest absolute Gasteiger partial charge is 0.174 e. The van der Waals surface area contributed by atoms with Gasteiger partial charge in [-0.2, -0.15) is 0 Å². The van der Waals surface area contributed by atoms with E-state index in [9.17, 15) is 9.59 Å². The highest BCUT2D eigenvalue weighted by Crippen LogP contribution is 2.23. The molecule has 0 bridgehead atoms. The van der Waals surface area contributed by atoms with E-state index in [-0.39, 0.29) is 11.6 Å². The predicted octanol–water partition coefficient (Wildman–Crippen LogP) is 4.47. The van der Waals surface area contributed by atoms with Crippen LogP contribution in [0.1, 0.15) is 22.8 Å². The lowest BCUT2D eigenvalue weighted by molar-refractivity contribution is -0.119. The van der Waals surface area contributed by atoms with Crippen LogP contribution < -0.4 is 0 Å². The number of carbonyl (C=O) groups excluding carboxylic acids is 2. The Hall–Kier alpha value is -2.74. The predicted molar refractivity (Wildman–Crippen MR) is 92.6 cm³/mol. The van der Waals surface area contributed by atoms with E-state index < -0.39 is 5.92 Å². The third-order valence-electron chi connectivity index (χ3n) is 4.14. The first kappa shape index (κ1) is 15.2. The lowest BCUT2D eigenvalue weighted by atomic mass is 9.87. The second-order valence-electron chi connectivity index (χ2n) is 5.74. The summed E-state index contributed by atoms with van der Waals surface area (Å²) in [6.07, 6.45) is 0.443. The molecule has 0 heterocycles. The Morgan fingerprint density at radius 2 is 1.48 bits per heavy atom. The fourth-order valence-corrected chi connectivity index (χ4v) is 2.90. The van der Waals surface area contributed by atoms with E-state index in [1.807, 2.05) is 72.8 Å². The molecule has 2 heteroatoms. The summed E-state index contributed by atoms with van der Waals surface area (Å²) < 4.78 is 0. The van der Waals surface area contributed by atoms with Crippen molar-refractivity contribution < 1.29 is 9.59 Å². The number of rotatable bonds is 5. The van der Waals surface area contributed by atoms with E-state index in [0.717, 1.165) is 16.3 Å². The Morgan fingerprint density at radius 1 is 0.826 bits per heavy atom. The van der Waals surface area contributed by atoms with Gasteiger partial charge >= 0.3 is 0 Å². The molecule has 3 aromatic rings. The molecule has 0 aromatic heterocycles. The molecular weight excluding hydrogens is 284 g/mol. The van der Waals surface area contributed by atoms with Gasteiger partial charge < -0.3 is 0 Å². The number of fused-ring (bicyclic) bond motifs is 1. The van der Waals surface area contributed by atoms with Crippen LogP contribution in [0.2, 0.25) is 0 Å². The van der Waals surface area contributed by atoms with Gasteiger partial charge in [-0.1, -0.05) is 72.8 Å². The van der Waals surface area contributed by atoms with Crippen LogP contribution in [0.15, 0.2) is 72.8 Å². The van der Waals surface area contributed by atoms with E-state index in [1.165, 1.54) is 6.92 Å². The van der Waals surface area contributed by atoms with Crippen LogP contribution in [0, 0.1) is 5.92 Å². The summed E-state index contributed by atoms with van der Waals surface area (Å²) in [5.41, 5.74) is 1.63. The highest BCUT2D eigenvalue weighted by atomic mass is 16.1. The monoisotopic (exact) mass is 302 g/mol. The minimum atomic E-state index is -0.636. The topological polar surface area (TPSA) is 34.1 Å². The van der Waals surface area contributed by atoms with Crippen molar-refractivity contribution in [3.05, 3.63) is 83.9 Å². The number of benzene rings is 3. The number of hydrogen-bond donors (Lipinski definition) is 0. The van der Waals surface area contributed by atoms with Crippen LogP contribution in [0.25, 0.3) is 10.8 Å². The summed E-state index contributed by atoms with van der Waals surface area (Å²) in [6.45, 7) is 1.50. The molecule has 0 aliphatic heterocycles. The van der Waals surface area contributed by atoms with Gasteiger partial charge in [-0.05, 0) is 29.7 Å². The molecule has 0 saturated heterocycles. The van der Waals surface area contributed by atoms with Crippen molar-refractivity contribution in [1.82, 2.24) is 0 Å². The molecule has 1 atom stereocenters. The molecule has 114 valence electrons. The summed E-state index contributed by atoms with van der Waals surface area (Å²) in [5, 5.41) is 1.92. The number of hydrogen-bond acceptors (Lipinski definition) is 2. The van der Waals surface area contributed by atoms with Crippen LogP contribution >= 0.6 is 0 Å². The van der Waals surface area contributed by atoms with Crippen molar-refractivity contribution >= 4 is 22.3 Å². The largest absolute Gasteiger partial charge is 0.299 e. The first-order chi connectivity index (χ1) is 11.2. The maximum Gasteiger partial charge on any atom is 0.174 e. The number of Topliss-reactive ketones (excluding diaryl/α,β-unsaturated/α-hetero) is 2. The maximum atomic E-state index is 13.0. The molecule has 0 N–H and O–H groups in total. The van der Waals surface area contributed by atoms with Crippen molar-refractivity contribution in [2.75, 3.05) is 0 Å². The van der Waals surface area contributed by atoms with E-state index in [2.05, 4.69) is 0 Å². The van der Waals surface area contributed by atoms with Gasteiger partial charge in [0.1, 0.15) is 5.78 Å². The van der Waals surface area contributed by atoms with Gasteiger partial charge in [0.05, 0.1) is 5.92 Å². The van der Waals surface area contributed by atoms with Crippen LogP contribution in [0.4, 0.5) is 0 Å². The molecule has 3 rings (SSSR count). The van der Waals surface area contributed by atoms with Gasteiger partial charge in [0.2, 0.25) is 0 Å². The molecule has 0 aliphatic carbocycles. The van der Waals surface area contributed by atoms with Gasteiger partial charge in [-0.25, -0.2) is 0 Å². The Balaban J connectivity index is 1.99. The molecule has 2 nitrogen and oxygen atoms in total. The minimum absolute atomic E-state index is 0.0909. The van der Waals surface area contributed by atoms with Gasteiger partial charge in [0.25, 0.3) is 0 Å². The summed E-state index contributed by atoms with van der Waals surface area (Å²) in [4.78, 5) is 25.1. The first-order valence-electron chi connectivity index (χ1n) is 7.73. The normalized spacial score (nSPS) is 12.0. The third kappa shape index (κ3) is 3.21. The van der Waals surface area contributed by atoms with Gasteiger partial charge in [0, 0.05) is 5.56 Å². The van der Waals surface area contributed by atoms with Gasteiger partial charge in [0.15, 0.2) is 5.78 Å². The van der Waals surface area contributed by atoms with E-state index in [4.69, 9.17) is 0 Å². The Bertz CT molecular complexity index is 845. The minimum Gasteiger partial charge on any atom is -0.299 e. The highest BCUT2D eigenvalue weighted by Gasteiger charge is 2.25. The molecule has 1 unspecified atom stereocenters. The Labute approximate surface area is 135 Å². The number of carbonyl (C=O) groups is 2. The first-order valence-corrected chi connectivity index (χ1v) is 7.73. The van der Waals surface area contributed by atoms with Crippen LogP contribution in [0.3, 0.4) is 0 Å². The molecule has 0 aliphatic rings. The maximum absolute atomic E-state index is 13.0. The lowest BCUT2D eigenvalue weighted by Gasteiger charge is -2.14. The lowest BCUT2D eigenvalue weighted by Crippen LogP contribution is -2.24. The zero-order chi connectivity index (χ0) is 16.2. The summed E-state index contributed by atoms with van der Waals surface area (Å²) in [5.74, 6) is -0.826. The summed E-state index contributed by atoms with van der Waals surface area (Å²) in [6, 6.07) is 23.1. The standard InChI is InChI=1S/C21H18O2/c1-15(22)20(14-16-8-3-2-4-9-16)21(23)19-13-7-11-17-10-5-6-12-18(17)19/h2-13,20H,14H2,1H3. The highest BCUT2D eigenvalue weighted by molar-refractivity contribution is 6.16. The zero-order valence-electron chi connectivity index (χ0n) is 13.0. The SMILES string of the molecule is CC(=O)C(Cc1ccccc1)C(=O)c1cccc2ccccc12. The van der Waals surface area contributed by atoms with E-state index in [0.29, 0.717) is 12.0 Å². The number of ketones is 2. The summed E-state index contributed by atoms with van der Waals surface area (Å²) >= 11 is 0. The van der Waals surface area contributed by atoms with Crippen molar-refractivity contribution in [1.29, 1.82) is 0 Å². The zero-order valence-corrected chi connectivity index (χ0v) is 13.0. The molecule has 3 aromatic carbocycles. The van der Waals surface area contributed by atoms with Crippen molar-refractivity contribution in [3.8, 4) is 0 Å². The molecule has 0 amide bonds. The van der Waals surface area contributed by atoms with Crippen LogP contribution in [-0.4, -0.2) is 11.6 Å². The van der Waals surface area contributed by atoms with Crippen LogP contribution in [-0.2, 0) is 11.2 Å². The van der Waals surface area contributed by atoms with E-state index in [1.54, 1.807) is 0 Å².